The third kappa shape index (κ3) is 5.86. The van der Waals surface area contributed by atoms with Gasteiger partial charge in [-0.3, -0.25) is 0 Å². The van der Waals surface area contributed by atoms with Gasteiger partial charge in [-0.05, 0) is 23.1 Å². The normalized spacial score (nSPS) is 12.9. The average molecular weight is 343 g/mol. The van der Waals surface area contributed by atoms with Crippen LogP contribution in [0.3, 0.4) is 0 Å². The Morgan fingerprint density at radius 3 is 2.00 bits per heavy atom. The number of alkyl halides is 2. The number of nitrogens with two attached hydrogens (primary N) is 1. The molecule has 0 unspecified atom stereocenters. The molecule has 1 aromatic rings. The number of rotatable bonds is 5. The molecule has 0 atom stereocenters. The number of hydrogen-bond donors (Lipinski definition) is 2. The molecule has 0 heterocycles. The lowest BCUT2D eigenvalue weighted by molar-refractivity contribution is 0.0170. The van der Waals surface area contributed by atoms with Gasteiger partial charge in [-0.2, -0.15) is 0 Å². The molecule has 122 valence electrons. The van der Waals surface area contributed by atoms with Crippen molar-refractivity contribution < 1.29 is 17.2 Å². The number of nitrogens with one attached hydrogen (secondary N) is 1. The molecule has 3 N–H and O–H groups in total. The third-order valence-electron chi connectivity index (χ3n) is 2.85. The molecule has 0 amide bonds. The van der Waals surface area contributed by atoms with Crippen LogP contribution in [-0.2, 0) is 15.4 Å². The van der Waals surface area contributed by atoms with Crippen molar-refractivity contribution in [1.82, 2.24) is 4.72 Å². The molecule has 1 aromatic carbocycles. The van der Waals surface area contributed by atoms with Crippen LogP contribution in [0.2, 0.25) is 0 Å². The number of benzene rings is 1. The second-order valence-corrected chi connectivity index (χ2v) is 7.43. The summed E-state index contributed by atoms with van der Waals surface area (Å²) in [6.07, 6.45) is 0. The van der Waals surface area contributed by atoms with E-state index in [4.69, 9.17) is 5.73 Å². The summed E-state index contributed by atoms with van der Waals surface area (Å²) in [6.45, 7) is 4.08. The van der Waals surface area contributed by atoms with E-state index in [0.717, 1.165) is 5.56 Å². The summed E-state index contributed by atoms with van der Waals surface area (Å²) in [6, 6.07) is 6.16. The second kappa shape index (κ2) is 7.00. The fraction of sp³-hybridized carbons (Fsp3) is 0.538. The zero-order valence-electron chi connectivity index (χ0n) is 12.2. The lowest BCUT2D eigenvalue weighted by Gasteiger charge is -2.19. The van der Waals surface area contributed by atoms with E-state index in [9.17, 15) is 17.2 Å². The average Bonchev–Trinajstić information content (AvgIpc) is 2.36. The first kappa shape index (κ1) is 20.2. The summed E-state index contributed by atoms with van der Waals surface area (Å²) in [5.41, 5.74) is 5.71. The fourth-order valence-electron chi connectivity index (χ4n) is 1.49. The van der Waals surface area contributed by atoms with Crippen molar-refractivity contribution >= 4 is 22.4 Å². The van der Waals surface area contributed by atoms with E-state index in [1.54, 1.807) is 12.1 Å². The van der Waals surface area contributed by atoms with Gasteiger partial charge in [0.2, 0.25) is 10.0 Å². The molecule has 1 rings (SSSR count). The zero-order chi connectivity index (χ0) is 15.6. The Hall–Kier alpha value is -0.760. The van der Waals surface area contributed by atoms with Gasteiger partial charge < -0.3 is 5.73 Å². The SMILES string of the molecule is CC(C)(C)c1ccc(S(=O)(=O)NCC(F)(F)CN)cc1.Cl. The second-order valence-electron chi connectivity index (χ2n) is 5.66. The molecule has 0 aliphatic heterocycles. The summed E-state index contributed by atoms with van der Waals surface area (Å²) < 4.78 is 51.5. The third-order valence-corrected chi connectivity index (χ3v) is 4.27. The molecular formula is C13H21ClF2N2O2S. The highest BCUT2D eigenvalue weighted by Crippen LogP contribution is 2.23. The fourth-order valence-corrected chi connectivity index (χ4v) is 2.55. The molecule has 0 radical (unpaired) electrons. The maximum Gasteiger partial charge on any atom is 0.273 e. The minimum atomic E-state index is -3.95. The monoisotopic (exact) mass is 342 g/mol. The van der Waals surface area contributed by atoms with Crippen molar-refractivity contribution in [3.63, 3.8) is 0 Å². The predicted molar refractivity (Wildman–Crippen MR) is 81.6 cm³/mol. The van der Waals surface area contributed by atoms with E-state index in [0.29, 0.717) is 0 Å². The minimum absolute atomic E-state index is 0. The van der Waals surface area contributed by atoms with Gasteiger partial charge in [-0.25, -0.2) is 21.9 Å². The summed E-state index contributed by atoms with van der Waals surface area (Å²) in [7, 11) is -3.95. The standard InChI is InChI=1S/C13H20F2N2O2S.ClH/c1-12(2,3)10-4-6-11(7-5-10)20(18,19)17-9-13(14,15)8-16;/h4-7,17H,8-9,16H2,1-3H3;1H. The first-order chi connectivity index (χ1) is 8.98. The smallest absolute Gasteiger partial charge is 0.273 e. The molecule has 0 saturated heterocycles. The van der Waals surface area contributed by atoms with E-state index >= 15 is 0 Å². The van der Waals surface area contributed by atoms with Crippen LogP contribution in [0, 0.1) is 0 Å². The lowest BCUT2D eigenvalue weighted by atomic mass is 9.87. The molecule has 0 spiro atoms. The molecule has 0 aliphatic carbocycles. The largest absolute Gasteiger partial charge is 0.325 e. The van der Waals surface area contributed by atoms with Crippen molar-refractivity contribution in [2.24, 2.45) is 5.73 Å². The maximum atomic E-state index is 13.0. The van der Waals surface area contributed by atoms with Crippen LogP contribution >= 0.6 is 12.4 Å². The van der Waals surface area contributed by atoms with Crippen molar-refractivity contribution in [3.05, 3.63) is 29.8 Å². The number of hydrogen-bond acceptors (Lipinski definition) is 3. The van der Waals surface area contributed by atoms with Crippen LogP contribution in [-0.4, -0.2) is 27.4 Å². The highest BCUT2D eigenvalue weighted by Gasteiger charge is 2.29. The highest BCUT2D eigenvalue weighted by molar-refractivity contribution is 7.89. The summed E-state index contributed by atoms with van der Waals surface area (Å²) in [4.78, 5) is -0.0432. The van der Waals surface area contributed by atoms with Gasteiger partial charge in [0.25, 0.3) is 5.92 Å². The molecule has 0 saturated carbocycles. The number of sulfonamides is 1. The zero-order valence-corrected chi connectivity index (χ0v) is 13.8. The van der Waals surface area contributed by atoms with Crippen molar-refractivity contribution in [2.75, 3.05) is 13.1 Å². The molecule has 8 heteroatoms. The van der Waals surface area contributed by atoms with Gasteiger partial charge in [0.1, 0.15) is 0 Å². The lowest BCUT2D eigenvalue weighted by Crippen LogP contribution is -2.41. The highest BCUT2D eigenvalue weighted by atomic mass is 35.5. The summed E-state index contributed by atoms with van der Waals surface area (Å²) in [5.74, 6) is -3.25. The first-order valence-corrected chi connectivity index (χ1v) is 7.64. The Bertz CT molecular complexity index is 555. The van der Waals surface area contributed by atoms with Gasteiger partial charge in [-0.15, -0.1) is 12.4 Å². The Balaban J connectivity index is 0.00000400. The quantitative estimate of drug-likeness (QED) is 0.862. The molecule has 0 fully saturated rings. The van der Waals surface area contributed by atoms with Crippen LogP contribution < -0.4 is 10.5 Å². The first-order valence-electron chi connectivity index (χ1n) is 6.16. The molecular weight excluding hydrogens is 322 g/mol. The Kier molecular flexibility index (Phi) is 6.75. The van der Waals surface area contributed by atoms with Crippen molar-refractivity contribution in [2.45, 2.75) is 37.0 Å². The maximum absolute atomic E-state index is 13.0. The molecule has 0 aromatic heterocycles. The molecule has 0 aliphatic rings. The van der Waals surface area contributed by atoms with E-state index < -0.39 is 29.0 Å². The predicted octanol–water partition coefficient (Wildman–Crippen LogP) is 2.28. The van der Waals surface area contributed by atoms with Gasteiger partial charge in [0.05, 0.1) is 18.0 Å². The van der Waals surface area contributed by atoms with E-state index in [-0.39, 0.29) is 22.7 Å². The Morgan fingerprint density at radius 1 is 1.14 bits per heavy atom. The van der Waals surface area contributed by atoms with Crippen molar-refractivity contribution in [1.29, 1.82) is 0 Å². The Labute approximate surface area is 130 Å². The number of halogens is 3. The van der Waals surface area contributed by atoms with Gasteiger partial charge in [0.15, 0.2) is 0 Å². The molecule has 0 bridgehead atoms. The van der Waals surface area contributed by atoms with Gasteiger partial charge in [0, 0.05) is 0 Å². The van der Waals surface area contributed by atoms with Crippen molar-refractivity contribution in [3.8, 4) is 0 Å². The molecule has 21 heavy (non-hydrogen) atoms. The van der Waals surface area contributed by atoms with Crippen LogP contribution in [0.1, 0.15) is 26.3 Å². The topological polar surface area (TPSA) is 72.2 Å². The Morgan fingerprint density at radius 2 is 1.62 bits per heavy atom. The van der Waals surface area contributed by atoms with Crippen LogP contribution in [0.5, 0.6) is 0 Å². The van der Waals surface area contributed by atoms with Crippen LogP contribution in [0.15, 0.2) is 29.2 Å². The van der Waals surface area contributed by atoms with Crippen LogP contribution in [0.4, 0.5) is 8.78 Å². The van der Waals surface area contributed by atoms with Gasteiger partial charge in [-0.1, -0.05) is 32.9 Å². The van der Waals surface area contributed by atoms with E-state index in [2.05, 4.69) is 0 Å². The van der Waals surface area contributed by atoms with E-state index in [1.165, 1.54) is 12.1 Å². The van der Waals surface area contributed by atoms with E-state index in [1.807, 2.05) is 25.5 Å². The summed E-state index contributed by atoms with van der Waals surface area (Å²) >= 11 is 0. The van der Waals surface area contributed by atoms with Crippen LogP contribution in [0.25, 0.3) is 0 Å². The summed E-state index contributed by atoms with van der Waals surface area (Å²) in [5, 5.41) is 0. The molecule has 4 nitrogen and oxygen atoms in total. The minimum Gasteiger partial charge on any atom is -0.325 e. The van der Waals surface area contributed by atoms with Gasteiger partial charge >= 0.3 is 0 Å².